The predicted molar refractivity (Wildman–Crippen MR) is 81.2 cm³/mol. The van der Waals surface area contributed by atoms with Gasteiger partial charge in [0.1, 0.15) is 5.82 Å². The SMILES string of the molecule is COCCNS(=O)(=O)N1CCN(c2ccc(N)cn2)CC1. The van der Waals surface area contributed by atoms with Crippen LogP contribution in [0.1, 0.15) is 0 Å². The molecule has 9 heteroatoms. The van der Waals surface area contributed by atoms with Gasteiger partial charge < -0.3 is 15.4 Å². The van der Waals surface area contributed by atoms with Gasteiger partial charge >= 0.3 is 0 Å². The molecule has 1 aromatic heterocycles. The Bertz CT molecular complexity index is 541. The Labute approximate surface area is 125 Å². The lowest BCUT2D eigenvalue weighted by Gasteiger charge is -2.34. The number of ether oxygens (including phenoxy) is 1. The Hall–Kier alpha value is -1.42. The molecule has 1 saturated heterocycles. The fraction of sp³-hybridized carbons (Fsp3) is 0.583. The van der Waals surface area contributed by atoms with Crippen molar-refractivity contribution in [2.45, 2.75) is 0 Å². The number of nitrogens with one attached hydrogen (secondary N) is 1. The average Bonchev–Trinajstić information content (AvgIpc) is 2.48. The second-order valence-electron chi connectivity index (χ2n) is 4.73. The molecule has 1 aromatic rings. The predicted octanol–water partition coefficient (Wildman–Crippen LogP) is -0.733. The molecule has 0 amide bonds. The highest BCUT2D eigenvalue weighted by Gasteiger charge is 2.26. The second-order valence-corrected chi connectivity index (χ2v) is 6.48. The van der Waals surface area contributed by atoms with E-state index in [2.05, 4.69) is 9.71 Å². The molecule has 0 atom stereocenters. The Kier molecular flexibility index (Phi) is 5.34. The van der Waals surface area contributed by atoms with E-state index in [0.717, 1.165) is 5.82 Å². The number of hydrogen-bond acceptors (Lipinski definition) is 6. The van der Waals surface area contributed by atoms with Crippen molar-refractivity contribution in [1.29, 1.82) is 0 Å². The van der Waals surface area contributed by atoms with E-state index < -0.39 is 10.2 Å². The van der Waals surface area contributed by atoms with Crippen LogP contribution >= 0.6 is 0 Å². The largest absolute Gasteiger partial charge is 0.397 e. The van der Waals surface area contributed by atoms with E-state index in [1.165, 1.54) is 11.4 Å². The van der Waals surface area contributed by atoms with E-state index in [1.54, 1.807) is 12.3 Å². The van der Waals surface area contributed by atoms with E-state index in [1.807, 2.05) is 11.0 Å². The van der Waals surface area contributed by atoms with Crippen LogP contribution in [-0.2, 0) is 14.9 Å². The molecule has 0 aliphatic carbocycles. The zero-order chi connectivity index (χ0) is 15.3. The molecule has 0 aromatic carbocycles. The van der Waals surface area contributed by atoms with Crippen LogP contribution in [0.3, 0.4) is 0 Å². The van der Waals surface area contributed by atoms with Crippen molar-refractivity contribution >= 4 is 21.7 Å². The lowest BCUT2D eigenvalue weighted by atomic mass is 10.3. The van der Waals surface area contributed by atoms with Crippen LogP contribution in [0.4, 0.5) is 11.5 Å². The molecule has 2 rings (SSSR count). The summed E-state index contributed by atoms with van der Waals surface area (Å²) < 4.78 is 32.9. The van der Waals surface area contributed by atoms with Crippen LogP contribution in [-0.4, -0.2) is 64.1 Å². The molecule has 0 saturated carbocycles. The van der Waals surface area contributed by atoms with Gasteiger partial charge in [-0.05, 0) is 12.1 Å². The summed E-state index contributed by atoms with van der Waals surface area (Å²) in [7, 11) is -1.90. The standard InChI is InChI=1S/C12H21N5O3S/c1-20-9-4-15-21(18,19)17-7-5-16(6-8-17)12-3-2-11(13)10-14-12/h2-3,10,15H,4-9,13H2,1H3. The summed E-state index contributed by atoms with van der Waals surface area (Å²) in [5.41, 5.74) is 6.22. The first kappa shape index (κ1) is 16.0. The first-order valence-corrected chi connectivity index (χ1v) is 8.17. The molecule has 118 valence electrons. The maximum atomic E-state index is 12.1. The summed E-state index contributed by atoms with van der Waals surface area (Å²) in [4.78, 5) is 6.29. The topological polar surface area (TPSA) is 101 Å². The minimum absolute atomic E-state index is 0.276. The normalized spacial score (nSPS) is 17.1. The van der Waals surface area contributed by atoms with Crippen molar-refractivity contribution in [1.82, 2.24) is 14.0 Å². The maximum Gasteiger partial charge on any atom is 0.279 e. The van der Waals surface area contributed by atoms with Gasteiger partial charge in [-0.3, -0.25) is 0 Å². The van der Waals surface area contributed by atoms with Gasteiger partial charge in [0.05, 0.1) is 18.5 Å². The first-order chi connectivity index (χ1) is 10.0. The number of nitrogens with two attached hydrogens (primary N) is 1. The molecule has 21 heavy (non-hydrogen) atoms. The Morgan fingerprint density at radius 3 is 2.62 bits per heavy atom. The van der Waals surface area contributed by atoms with E-state index in [-0.39, 0.29) is 6.54 Å². The lowest BCUT2D eigenvalue weighted by molar-refractivity contribution is 0.203. The Balaban J connectivity index is 1.89. The third kappa shape index (κ3) is 4.27. The van der Waals surface area contributed by atoms with Crippen molar-refractivity contribution in [3.05, 3.63) is 18.3 Å². The van der Waals surface area contributed by atoms with E-state index in [4.69, 9.17) is 10.5 Å². The van der Waals surface area contributed by atoms with Crippen molar-refractivity contribution in [3.8, 4) is 0 Å². The number of aromatic nitrogens is 1. The first-order valence-electron chi connectivity index (χ1n) is 6.73. The zero-order valence-corrected chi connectivity index (χ0v) is 12.8. The van der Waals surface area contributed by atoms with Crippen LogP contribution in [0.5, 0.6) is 0 Å². The molecular weight excluding hydrogens is 294 g/mol. The molecule has 1 aliphatic heterocycles. The van der Waals surface area contributed by atoms with Gasteiger partial charge in [0.15, 0.2) is 0 Å². The number of anilines is 2. The lowest BCUT2D eigenvalue weighted by Crippen LogP contribution is -2.52. The molecule has 0 bridgehead atoms. The van der Waals surface area contributed by atoms with E-state index in [0.29, 0.717) is 38.5 Å². The highest BCUT2D eigenvalue weighted by atomic mass is 32.2. The number of rotatable bonds is 6. The third-order valence-electron chi connectivity index (χ3n) is 3.26. The smallest absolute Gasteiger partial charge is 0.279 e. The molecule has 0 unspecified atom stereocenters. The highest BCUT2D eigenvalue weighted by Crippen LogP contribution is 2.15. The van der Waals surface area contributed by atoms with Crippen molar-refractivity contribution in [2.75, 3.05) is 57.1 Å². The van der Waals surface area contributed by atoms with E-state index in [9.17, 15) is 8.42 Å². The zero-order valence-electron chi connectivity index (χ0n) is 12.0. The molecule has 2 heterocycles. The number of nitrogens with zero attached hydrogens (tertiary/aromatic N) is 3. The summed E-state index contributed by atoms with van der Waals surface area (Å²) in [6, 6.07) is 3.63. The maximum absolute atomic E-state index is 12.1. The molecule has 0 radical (unpaired) electrons. The summed E-state index contributed by atoms with van der Waals surface area (Å²) in [5, 5.41) is 0. The highest BCUT2D eigenvalue weighted by molar-refractivity contribution is 7.87. The Morgan fingerprint density at radius 2 is 2.05 bits per heavy atom. The van der Waals surface area contributed by atoms with Gasteiger partial charge in [-0.15, -0.1) is 0 Å². The third-order valence-corrected chi connectivity index (χ3v) is 4.88. The fourth-order valence-corrected chi connectivity index (χ4v) is 3.27. The fourth-order valence-electron chi connectivity index (χ4n) is 2.11. The summed E-state index contributed by atoms with van der Waals surface area (Å²) in [5.74, 6) is 0.814. The molecule has 8 nitrogen and oxygen atoms in total. The molecule has 3 N–H and O–H groups in total. The monoisotopic (exact) mass is 315 g/mol. The van der Waals surface area contributed by atoms with Gasteiger partial charge in [-0.25, -0.2) is 4.98 Å². The van der Waals surface area contributed by atoms with Gasteiger partial charge in [0, 0.05) is 39.8 Å². The van der Waals surface area contributed by atoms with Crippen LogP contribution in [0.25, 0.3) is 0 Å². The number of pyridine rings is 1. The summed E-state index contributed by atoms with van der Waals surface area (Å²) in [6.07, 6.45) is 1.60. The molecule has 1 fully saturated rings. The van der Waals surface area contributed by atoms with Gasteiger partial charge in [0.25, 0.3) is 10.2 Å². The minimum atomic E-state index is -3.43. The number of hydrogen-bond donors (Lipinski definition) is 2. The molecule has 1 aliphatic rings. The van der Waals surface area contributed by atoms with Gasteiger partial charge in [0.2, 0.25) is 0 Å². The second kappa shape index (κ2) is 7.03. The van der Waals surface area contributed by atoms with Crippen LogP contribution in [0, 0.1) is 0 Å². The van der Waals surface area contributed by atoms with Gasteiger partial charge in [-0.2, -0.15) is 17.4 Å². The number of methoxy groups -OCH3 is 1. The van der Waals surface area contributed by atoms with E-state index >= 15 is 0 Å². The van der Waals surface area contributed by atoms with Crippen molar-refractivity contribution in [3.63, 3.8) is 0 Å². The van der Waals surface area contributed by atoms with Crippen molar-refractivity contribution < 1.29 is 13.2 Å². The van der Waals surface area contributed by atoms with Gasteiger partial charge in [-0.1, -0.05) is 0 Å². The summed E-state index contributed by atoms with van der Waals surface area (Å²) in [6.45, 7) is 2.68. The minimum Gasteiger partial charge on any atom is -0.397 e. The van der Waals surface area contributed by atoms with Crippen molar-refractivity contribution in [2.24, 2.45) is 0 Å². The van der Waals surface area contributed by atoms with Crippen LogP contribution in [0.15, 0.2) is 18.3 Å². The summed E-state index contributed by atoms with van der Waals surface area (Å²) >= 11 is 0. The van der Waals surface area contributed by atoms with Crippen LogP contribution in [0.2, 0.25) is 0 Å². The Morgan fingerprint density at radius 1 is 1.33 bits per heavy atom. The molecule has 0 spiro atoms. The number of nitrogen functional groups attached to an aromatic ring is 1. The number of piperazine rings is 1. The van der Waals surface area contributed by atoms with Crippen LogP contribution < -0.4 is 15.4 Å². The molecular formula is C12H21N5O3S. The quantitative estimate of drug-likeness (QED) is 0.671. The average molecular weight is 315 g/mol.